The van der Waals surface area contributed by atoms with Crippen LogP contribution in [-0.4, -0.2) is 58.9 Å². The van der Waals surface area contributed by atoms with Crippen molar-refractivity contribution in [3.63, 3.8) is 0 Å². The van der Waals surface area contributed by atoms with E-state index in [1.54, 1.807) is 4.90 Å². The molecule has 1 aliphatic carbocycles. The average molecular weight is 393 g/mol. The summed E-state index contributed by atoms with van der Waals surface area (Å²) in [5, 5.41) is 2.92. The van der Waals surface area contributed by atoms with Crippen molar-refractivity contribution in [2.24, 2.45) is 22.5 Å². The van der Waals surface area contributed by atoms with E-state index in [1.807, 2.05) is 13.8 Å². The third kappa shape index (κ3) is 3.78. The molecule has 1 atom stereocenters. The normalized spacial score (nSPS) is 33.4. The van der Waals surface area contributed by atoms with E-state index < -0.39 is 11.6 Å². The van der Waals surface area contributed by atoms with Crippen LogP contribution in [0.25, 0.3) is 0 Å². The molecule has 158 valence electrons. The van der Waals surface area contributed by atoms with Gasteiger partial charge in [-0.05, 0) is 48.9 Å². The Morgan fingerprint density at radius 2 is 1.79 bits per heavy atom. The van der Waals surface area contributed by atoms with E-state index in [9.17, 15) is 14.4 Å². The Morgan fingerprint density at radius 1 is 1.18 bits per heavy atom. The third-order valence-corrected chi connectivity index (χ3v) is 7.27. The fraction of sp³-hybridized carbons (Fsp3) is 0.857. The van der Waals surface area contributed by atoms with E-state index in [0.717, 1.165) is 24.2 Å². The molecule has 3 aliphatic rings. The highest BCUT2D eigenvalue weighted by atomic mass is 16.2. The zero-order valence-corrected chi connectivity index (χ0v) is 18.0. The Hall–Kier alpha value is -1.63. The molecule has 3 N–H and O–H groups in total. The smallest absolute Gasteiger partial charge is 0.325 e. The van der Waals surface area contributed by atoms with Crippen molar-refractivity contribution >= 4 is 17.8 Å². The monoisotopic (exact) mass is 392 g/mol. The lowest BCUT2D eigenvalue weighted by Crippen LogP contribution is -2.56. The highest BCUT2D eigenvalue weighted by Crippen LogP contribution is 2.43. The molecule has 0 radical (unpaired) electrons. The molecular formula is C21H36N4O3. The SMILES string of the molecule is CC(C)(C)C1CCC2(CC1)NC(=O)N(CC(=O)N1CCC(N)C(C)(C)C1)C2=O. The minimum Gasteiger partial charge on any atom is -0.340 e. The third-order valence-electron chi connectivity index (χ3n) is 7.27. The molecule has 7 heteroatoms. The van der Waals surface area contributed by atoms with Gasteiger partial charge in [0, 0.05) is 19.1 Å². The van der Waals surface area contributed by atoms with Gasteiger partial charge in [0.05, 0.1) is 0 Å². The van der Waals surface area contributed by atoms with Crippen molar-refractivity contribution in [2.75, 3.05) is 19.6 Å². The number of carbonyl (C=O) groups excluding carboxylic acids is 3. The first-order valence-corrected chi connectivity index (χ1v) is 10.5. The number of imide groups is 1. The first kappa shape index (κ1) is 21.1. The van der Waals surface area contributed by atoms with Gasteiger partial charge in [-0.15, -0.1) is 0 Å². The molecule has 1 saturated carbocycles. The van der Waals surface area contributed by atoms with Gasteiger partial charge in [-0.3, -0.25) is 14.5 Å². The van der Waals surface area contributed by atoms with Gasteiger partial charge < -0.3 is 16.0 Å². The number of likely N-dealkylation sites (tertiary alicyclic amines) is 1. The molecule has 7 nitrogen and oxygen atoms in total. The largest absolute Gasteiger partial charge is 0.340 e. The molecule has 2 saturated heterocycles. The zero-order valence-electron chi connectivity index (χ0n) is 18.0. The van der Waals surface area contributed by atoms with Gasteiger partial charge >= 0.3 is 6.03 Å². The number of urea groups is 1. The fourth-order valence-electron chi connectivity index (χ4n) is 4.96. The van der Waals surface area contributed by atoms with Crippen LogP contribution in [0, 0.1) is 16.7 Å². The van der Waals surface area contributed by atoms with E-state index in [4.69, 9.17) is 5.73 Å². The van der Waals surface area contributed by atoms with Crippen molar-refractivity contribution in [3.05, 3.63) is 0 Å². The summed E-state index contributed by atoms with van der Waals surface area (Å²) < 4.78 is 0. The first-order valence-electron chi connectivity index (χ1n) is 10.5. The van der Waals surface area contributed by atoms with Crippen LogP contribution in [0.5, 0.6) is 0 Å². The first-order chi connectivity index (χ1) is 12.9. The second-order valence-corrected chi connectivity index (χ2v) is 10.7. The lowest BCUT2D eigenvalue weighted by molar-refractivity contribution is -0.141. The number of nitrogens with one attached hydrogen (secondary N) is 1. The number of amides is 4. The lowest BCUT2D eigenvalue weighted by Gasteiger charge is -2.43. The molecule has 0 aromatic rings. The van der Waals surface area contributed by atoms with Gasteiger partial charge in [0.1, 0.15) is 12.1 Å². The Morgan fingerprint density at radius 3 is 2.32 bits per heavy atom. The summed E-state index contributed by atoms with van der Waals surface area (Å²) in [7, 11) is 0. The van der Waals surface area contributed by atoms with E-state index in [0.29, 0.717) is 31.8 Å². The Labute approximate surface area is 168 Å². The molecule has 2 heterocycles. The van der Waals surface area contributed by atoms with Crippen LogP contribution < -0.4 is 11.1 Å². The van der Waals surface area contributed by atoms with E-state index in [-0.39, 0.29) is 35.2 Å². The number of piperidine rings is 1. The second kappa shape index (κ2) is 7.01. The number of nitrogens with two attached hydrogens (primary N) is 1. The predicted molar refractivity (Wildman–Crippen MR) is 107 cm³/mol. The maximum absolute atomic E-state index is 13.1. The molecule has 28 heavy (non-hydrogen) atoms. The van der Waals surface area contributed by atoms with Crippen LogP contribution >= 0.6 is 0 Å². The molecular weight excluding hydrogens is 356 g/mol. The van der Waals surface area contributed by atoms with Gasteiger partial charge in [0.15, 0.2) is 0 Å². The summed E-state index contributed by atoms with van der Waals surface area (Å²) >= 11 is 0. The Balaban J connectivity index is 1.64. The molecule has 1 spiro atoms. The molecule has 3 fully saturated rings. The highest BCUT2D eigenvalue weighted by Gasteiger charge is 2.53. The van der Waals surface area contributed by atoms with Crippen LogP contribution in [0.2, 0.25) is 0 Å². The maximum atomic E-state index is 13.1. The van der Waals surface area contributed by atoms with Crippen molar-refractivity contribution in [1.29, 1.82) is 0 Å². The number of hydrogen-bond donors (Lipinski definition) is 2. The molecule has 4 amide bonds. The van der Waals surface area contributed by atoms with Crippen molar-refractivity contribution in [1.82, 2.24) is 15.1 Å². The molecule has 0 aromatic heterocycles. The number of carbonyl (C=O) groups is 3. The van der Waals surface area contributed by atoms with Crippen LogP contribution in [-0.2, 0) is 9.59 Å². The Bertz CT molecular complexity index is 659. The van der Waals surface area contributed by atoms with Gasteiger partial charge in [-0.2, -0.15) is 0 Å². The maximum Gasteiger partial charge on any atom is 0.325 e. The fourth-order valence-corrected chi connectivity index (χ4v) is 4.96. The van der Waals surface area contributed by atoms with Crippen LogP contribution in [0.1, 0.15) is 66.7 Å². The minimum atomic E-state index is -0.817. The van der Waals surface area contributed by atoms with Crippen molar-refractivity contribution in [3.8, 4) is 0 Å². The topological polar surface area (TPSA) is 95.7 Å². The van der Waals surface area contributed by atoms with Gasteiger partial charge in [0.25, 0.3) is 5.91 Å². The lowest BCUT2D eigenvalue weighted by atomic mass is 9.67. The molecule has 0 aromatic carbocycles. The average Bonchev–Trinajstić information content (AvgIpc) is 2.81. The summed E-state index contributed by atoms with van der Waals surface area (Å²) in [4.78, 5) is 41.3. The predicted octanol–water partition coefficient (Wildman–Crippen LogP) is 2.10. The summed E-state index contributed by atoms with van der Waals surface area (Å²) in [6.07, 6.45) is 3.85. The summed E-state index contributed by atoms with van der Waals surface area (Å²) in [5.41, 5.74) is 5.36. The highest BCUT2D eigenvalue weighted by molar-refractivity contribution is 6.09. The van der Waals surface area contributed by atoms with E-state index in [2.05, 4.69) is 26.1 Å². The number of rotatable bonds is 2. The summed E-state index contributed by atoms with van der Waals surface area (Å²) in [6.45, 7) is 11.7. The molecule has 3 rings (SSSR count). The van der Waals surface area contributed by atoms with E-state index in [1.165, 1.54) is 0 Å². The standard InChI is InChI=1S/C21H36N4O3/c1-19(2,3)14-6-9-21(10-7-14)17(27)25(18(28)23-21)12-16(26)24-11-8-15(22)20(4,5)13-24/h14-15H,6-13,22H2,1-5H3,(H,23,28). The quantitative estimate of drug-likeness (QED) is 0.704. The second-order valence-electron chi connectivity index (χ2n) is 10.7. The van der Waals surface area contributed by atoms with Gasteiger partial charge in [-0.1, -0.05) is 34.6 Å². The van der Waals surface area contributed by atoms with E-state index >= 15 is 0 Å². The Kier molecular flexibility index (Phi) is 5.28. The van der Waals surface area contributed by atoms with Crippen LogP contribution in [0.4, 0.5) is 4.79 Å². The van der Waals surface area contributed by atoms with Crippen LogP contribution in [0.15, 0.2) is 0 Å². The molecule has 2 aliphatic heterocycles. The van der Waals surface area contributed by atoms with Gasteiger partial charge in [0.2, 0.25) is 5.91 Å². The summed E-state index contributed by atoms with van der Waals surface area (Å²) in [5.74, 6) is 0.133. The van der Waals surface area contributed by atoms with Gasteiger partial charge in [-0.25, -0.2) is 4.79 Å². The zero-order chi connectivity index (χ0) is 20.9. The molecule has 1 unspecified atom stereocenters. The summed E-state index contributed by atoms with van der Waals surface area (Å²) in [6, 6.07) is -0.380. The van der Waals surface area contributed by atoms with Crippen molar-refractivity contribution < 1.29 is 14.4 Å². The number of hydrogen-bond acceptors (Lipinski definition) is 4. The van der Waals surface area contributed by atoms with Crippen molar-refractivity contribution in [2.45, 2.75) is 78.3 Å². The van der Waals surface area contributed by atoms with Crippen LogP contribution in [0.3, 0.4) is 0 Å². The number of nitrogens with zero attached hydrogens (tertiary/aromatic N) is 2. The minimum absolute atomic E-state index is 0.0505. The molecule has 0 bridgehead atoms.